The van der Waals surface area contributed by atoms with E-state index < -0.39 is 62.0 Å². The maximum absolute atomic E-state index is 12.7. The van der Waals surface area contributed by atoms with Crippen molar-refractivity contribution in [3.63, 3.8) is 0 Å². The molecule has 3 heterocycles. The lowest BCUT2D eigenvalue weighted by atomic mass is 9.91. The molecule has 2 fully saturated rings. The van der Waals surface area contributed by atoms with Gasteiger partial charge in [-0.3, -0.25) is 0 Å². The summed E-state index contributed by atoms with van der Waals surface area (Å²) in [7, 11) is 0. The van der Waals surface area contributed by atoms with Crippen molar-refractivity contribution >= 4 is 17.5 Å². The average molecular weight is 400 g/mol. The number of rotatable bonds is 4. The van der Waals surface area contributed by atoms with Crippen LogP contribution in [0.15, 0.2) is 18.5 Å². The summed E-state index contributed by atoms with van der Waals surface area (Å²) in [6, 6.07) is 3.26. The molecule has 2 aliphatic rings. The number of anilines is 1. The third-order valence-electron chi connectivity index (χ3n) is 4.85. The van der Waals surface area contributed by atoms with Gasteiger partial charge in [0.1, 0.15) is 49.0 Å². The number of aromatic nitrogens is 3. The fourth-order valence-electron chi connectivity index (χ4n) is 3.33. The molecule has 2 aromatic heterocycles. The number of hydrogen-bond donors (Lipinski definition) is 3. The predicted molar refractivity (Wildman–Crippen MR) is 87.4 cm³/mol. The van der Waals surface area contributed by atoms with Crippen molar-refractivity contribution in [1.82, 2.24) is 14.6 Å². The summed E-state index contributed by atoms with van der Waals surface area (Å²) in [5.74, 6) is -2.58. The Balaban J connectivity index is 1.38. The highest BCUT2D eigenvalue weighted by molar-refractivity contribution is 5.65. The van der Waals surface area contributed by atoms with Crippen molar-refractivity contribution in [2.24, 2.45) is 0 Å². The summed E-state index contributed by atoms with van der Waals surface area (Å²) >= 11 is 0. The topological polar surface area (TPSA) is 141 Å². The summed E-state index contributed by atoms with van der Waals surface area (Å²) in [5.41, 5.74) is 6.70. The van der Waals surface area contributed by atoms with Crippen molar-refractivity contribution in [2.75, 3.05) is 12.3 Å². The van der Waals surface area contributed by atoms with E-state index in [1.54, 1.807) is 12.1 Å². The van der Waals surface area contributed by atoms with Gasteiger partial charge in [-0.1, -0.05) is 0 Å². The van der Waals surface area contributed by atoms with Crippen LogP contribution in [0.5, 0.6) is 0 Å². The molecule has 1 saturated heterocycles. The van der Waals surface area contributed by atoms with Crippen LogP contribution < -0.4 is 5.73 Å². The SMILES string of the molecule is Nc1ncnn2c([C@@H]3O[C@H](COC(=O)OC4CC(F)(F)C4)[C@@H](O)[C@H]3O)ccc12. The molecule has 4 atom stereocenters. The quantitative estimate of drug-likeness (QED) is 0.623. The third kappa shape index (κ3) is 3.34. The Hall–Kier alpha value is -2.57. The first kappa shape index (κ1) is 18.8. The zero-order chi connectivity index (χ0) is 20.1. The van der Waals surface area contributed by atoms with Crippen molar-refractivity contribution in [2.45, 2.75) is 49.3 Å². The first-order chi connectivity index (χ1) is 13.2. The van der Waals surface area contributed by atoms with Crippen LogP contribution >= 0.6 is 0 Å². The molecular weight excluding hydrogens is 382 g/mol. The molecule has 0 amide bonds. The fourth-order valence-corrected chi connectivity index (χ4v) is 3.33. The lowest BCUT2D eigenvalue weighted by Gasteiger charge is -2.33. The van der Waals surface area contributed by atoms with E-state index in [2.05, 4.69) is 10.1 Å². The van der Waals surface area contributed by atoms with Crippen LogP contribution in [0, 0.1) is 0 Å². The molecule has 1 aliphatic heterocycles. The smallest absolute Gasteiger partial charge is 0.431 e. The van der Waals surface area contributed by atoms with Gasteiger partial charge < -0.3 is 30.2 Å². The van der Waals surface area contributed by atoms with Crippen LogP contribution in [0.1, 0.15) is 24.6 Å². The largest absolute Gasteiger partial charge is 0.508 e. The lowest BCUT2D eigenvalue weighted by molar-refractivity contribution is -0.154. The number of aliphatic hydroxyl groups is 2. The molecule has 0 radical (unpaired) electrons. The molecule has 10 nitrogen and oxygen atoms in total. The van der Waals surface area contributed by atoms with Gasteiger partial charge in [0.05, 0.1) is 5.69 Å². The van der Waals surface area contributed by atoms with Crippen molar-refractivity contribution in [3.8, 4) is 0 Å². The van der Waals surface area contributed by atoms with Crippen LogP contribution in [0.3, 0.4) is 0 Å². The van der Waals surface area contributed by atoms with Gasteiger partial charge in [-0.15, -0.1) is 0 Å². The van der Waals surface area contributed by atoms with E-state index >= 15 is 0 Å². The summed E-state index contributed by atoms with van der Waals surface area (Å²) < 4.78 is 42.1. The van der Waals surface area contributed by atoms with Gasteiger partial charge in [-0.25, -0.2) is 23.1 Å². The minimum Gasteiger partial charge on any atom is -0.431 e. The Morgan fingerprint density at radius 1 is 1.36 bits per heavy atom. The van der Waals surface area contributed by atoms with E-state index in [1.807, 2.05) is 0 Å². The highest BCUT2D eigenvalue weighted by Gasteiger charge is 2.48. The Labute approximate surface area is 156 Å². The minimum atomic E-state index is -2.82. The molecular formula is C16H18F2N4O6. The number of alkyl halides is 2. The number of halogens is 2. The standard InChI is InChI=1S/C16H18F2N4O6/c17-16(18)3-7(4-16)27-15(25)26-5-10-11(23)12(24)13(28-10)8-1-2-9-14(19)20-6-21-22(8)9/h1-2,6-7,10-13,23-24H,3-5H2,(H2,19,20,21)/t10-,11-,12-,13+/m1/s1. The number of aliphatic hydroxyl groups excluding tert-OH is 2. The number of nitrogen functional groups attached to an aromatic ring is 1. The predicted octanol–water partition coefficient (Wildman–Crippen LogP) is 0.424. The normalized spacial score (nSPS) is 29.6. The first-order valence-corrected chi connectivity index (χ1v) is 8.56. The van der Waals surface area contributed by atoms with E-state index in [0.717, 1.165) is 0 Å². The van der Waals surface area contributed by atoms with Crippen molar-refractivity contribution < 1.29 is 38.0 Å². The summed E-state index contributed by atoms with van der Waals surface area (Å²) in [4.78, 5) is 15.5. The molecule has 0 unspecified atom stereocenters. The minimum absolute atomic E-state index is 0.235. The second-order valence-electron chi connectivity index (χ2n) is 6.84. The molecule has 0 bridgehead atoms. The van der Waals surface area contributed by atoms with Crippen LogP contribution in [-0.4, -0.2) is 67.9 Å². The Bertz CT molecular complexity index is 885. The molecule has 4 N–H and O–H groups in total. The Morgan fingerprint density at radius 2 is 2.11 bits per heavy atom. The van der Waals surface area contributed by atoms with E-state index in [1.165, 1.54) is 10.8 Å². The van der Waals surface area contributed by atoms with Crippen LogP contribution in [0.4, 0.5) is 19.4 Å². The molecule has 152 valence electrons. The zero-order valence-electron chi connectivity index (χ0n) is 14.4. The van der Waals surface area contributed by atoms with Gasteiger partial charge in [0.15, 0.2) is 5.82 Å². The molecule has 1 saturated carbocycles. The molecule has 1 aliphatic carbocycles. The molecule has 0 spiro atoms. The molecule has 28 heavy (non-hydrogen) atoms. The average Bonchev–Trinajstić information content (AvgIpc) is 3.15. The number of carbonyl (C=O) groups excluding carboxylic acids is 1. The molecule has 4 rings (SSSR count). The summed E-state index contributed by atoms with van der Waals surface area (Å²) in [5, 5.41) is 24.6. The van der Waals surface area contributed by atoms with Crippen LogP contribution in [-0.2, 0) is 14.2 Å². The van der Waals surface area contributed by atoms with E-state index in [0.29, 0.717) is 11.2 Å². The van der Waals surface area contributed by atoms with Crippen molar-refractivity contribution in [3.05, 3.63) is 24.2 Å². The number of ether oxygens (including phenoxy) is 3. The number of nitrogens with two attached hydrogens (primary N) is 1. The first-order valence-electron chi connectivity index (χ1n) is 8.56. The lowest BCUT2D eigenvalue weighted by Crippen LogP contribution is -2.43. The number of nitrogens with zero attached hydrogens (tertiary/aromatic N) is 3. The van der Waals surface area contributed by atoms with Gasteiger partial charge >= 0.3 is 6.16 Å². The third-order valence-corrected chi connectivity index (χ3v) is 4.85. The van der Waals surface area contributed by atoms with E-state index in [9.17, 15) is 23.8 Å². The van der Waals surface area contributed by atoms with Gasteiger partial charge in [0.2, 0.25) is 0 Å². The van der Waals surface area contributed by atoms with Crippen LogP contribution in [0.25, 0.3) is 5.52 Å². The molecule has 12 heteroatoms. The maximum atomic E-state index is 12.7. The zero-order valence-corrected chi connectivity index (χ0v) is 14.4. The fraction of sp³-hybridized carbons (Fsp3) is 0.562. The monoisotopic (exact) mass is 400 g/mol. The number of hydrogen-bond acceptors (Lipinski definition) is 9. The Morgan fingerprint density at radius 3 is 2.82 bits per heavy atom. The second-order valence-corrected chi connectivity index (χ2v) is 6.84. The number of carbonyl (C=O) groups is 1. The summed E-state index contributed by atoms with van der Waals surface area (Å²) in [6.45, 7) is -0.420. The van der Waals surface area contributed by atoms with Crippen LogP contribution in [0.2, 0.25) is 0 Å². The van der Waals surface area contributed by atoms with E-state index in [4.69, 9.17) is 19.9 Å². The maximum Gasteiger partial charge on any atom is 0.508 e. The second kappa shape index (κ2) is 6.79. The Kier molecular flexibility index (Phi) is 4.56. The number of fused-ring (bicyclic) bond motifs is 1. The highest BCUT2D eigenvalue weighted by atomic mass is 19.3. The van der Waals surface area contributed by atoms with Gasteiger partial charge in [-0.2, -0.15) is 5.10 Å². The molecule has 2 aromatic rings. The highest BCUT2D eigenvalue weighted by Crippen LogP contribution is 2.39. The van der Waals surface area contributed by atoms with Gasteiger partial charge in [-0.05, 0) is 12.1 Å². The molecule has 0 aromatic carbocycles. The van der Waals surface area contributed by atoms with Gasteiger partial charge in [0, 0.05) is 12.8 Å². The van der Waals surface area contributed by atoms with E-state index in [-0.39, 0.29) is 5.82 Å². The summed E-state index contributed by atoms with van der Waals surface area (Å²) in [6.07, 6.45) is -6.54. The van der Waals surface area contributed by atoms with Gasteiger partial charge in [0.25, 0.3) is 5.92 Å². The van der Waals surface area contributed by atoms with Crippen molar-refractivity contribution in [1.29, 1.82) is 0 Å².